The lowest BCUT2D eigenvalue weighted by Crippen LogP contribution is -3.00. The molecular weight excluding hydrogens is 230 g/mol. The summed E-state index contributed by atoms with van der Waals surface area (Å²) in [6, 6.07) is 0. The van der Waals surface area contributed by atoms with Crippen molar-refractivity contribution in [2.24, 2.45) is 0 Å². The van der Waals surface area contributed by atoms with Gasteiger partial charge in [0.2, 0.25) is 6.34 Å². The van der Waals surface area contributed by atoms with Crippen LogP contribution in [0, 0.1) is 0 Å². The maximum absolute atomic E-state index is 2.44. The van der Waals surface area contributed by atoms with Crippen LogP contribution in [0.1, 0.15) is 20.8 Å². The lowest BCUT2D eigenvalue weighted by Gasteiger charge is -2.28. The first-order valence-electron chi connectivity index (χ1n) is 4.85. The molecule has 0 N–H and O–H groups in total. The summed E-state index contributed by atoms with van der Waals surface area (Å²) in [5.74, 6) is 0. The SMILES string of the molecule is CCN1C=[N+](CC)CN(CC)C1.[Br-]. The molecule has 0 aromatic heterocycles. The van der Waals surface area contributed by atoms with Gasteiger partial charge in [-0.1, -0.05) is 6.92 Å². The smallest absolute Gasteiger partial charge is 0.236 e. The first-order chi connectivity index (χ1) is 5.80. The molecule has 0 fully saturated rings. The Balaban J connectivity index is 0.00000144. The molecule has 3 nitrogen and oxygen atoms in total. The molecule has 4 heteroatoms. The van der Waals surface area contributed by atoms with Crippen molar-refractivity contribution in [2.45, 2.75) is 20.8 Å². The summed E-state index contributed by atoms with van der Waals surface area (Å²) >= 11 is 0. The molecule has 0 aromatic carbocycles. The van der Waals surface area contributed by atoms with Gasteiger partial charge in [-0.3, -0.25) is 9.48 Å². The van der Waals surface area contributed by atoms with Gasteiger partial charge in [0.25, 0.3) is 0 Å². The second-order valence-electron chi connectivity index (χ2n) is 3.20. The van der Waals surface area contributed by atoms with Gasteiger partial charge in [-0.25, -0.2) is 4.90 Å². The third-order valence-corrected chi connectivity index (χ3v) is 2.35. The quantitative estimate of drug-likeness (QED) is 0.518. The number of halogens is 1. The standard InChI is InChI=1S/C9H20N3.BrH/c1-4-10-7-11(5-2)9-12(6-3)8-10;/h7H,4-6,8-9H2,1-3H3;1H/q+1;/p-1. The molecule has 0 amide bonds. The van der Waals surface area contributed by atoms with E-state index in [4.69, 9.17) is 0 Å². The summed E-state index contributed by atoms with van der Waals surface area (Å²) in [7, 11) is 0. The molecule has 0 aromatic rings. The van der Waals surface area contributed by atoms with E-state index in [0.29, 0.717) is 0 Å². The van der Waals surface area contributed by atoms with Crippen LogP contribution in [-0.4, -0.2) is 53.7 Å². The Morgan fingerprint density at radius 2 is 1.92 bits per heavy atom. The molecule has 78 valence electrons. The van der Waals surface area contributed by atoms with Crippen LogP contribution in [0.2, 0.25) is 0 Å². The third kappa shape index (κ3) is 3.65. The Morgan fingerprint density at radius 1 is 1.23 bits per heavy atom. The number of rotatable bonds is 3. The monoisotopic (exact) mass is 249 g/mol. The summed E-state index contributed by atoms with van der Waals surface area (Å²) < 4.78 is 2.34. The second kappa shape index (κ2) is 6.38. The zero-order valence-electron chi connectivity index (χ0n) is 8.83. The minimum Gasteiger partial charge on any atom is -1.00 e. The number of nitrogens with zero attached hydrogens (tertiary/aromatic N) is 3. The summed E-state index contributed by atoms with van der Waals surface area (Å²) in [4.78, 5) is 4.78. The first kappa shape index (κ1) is 12.9. The van der Waals surface area contributed by atoms with Crippen LogP contribution < -0.4 is 17.0 Å². The molecule has 1 heterocycles. The molecule has 0 aliphatic carbocycles. The Bertz CT molecular complexity index is 170. The Morgan fingerprint density at radius 3 is 2.38 bits per heavy atom. The zero-order valence-corrected chi connectivity index (χ0v) is 10.4. The van der Waals surface area contributed by atoms with Gasteiger partial charge in [0.05, 0.1) is 13.1 Å². The molecular formula is C9H20BrN3. The van der Waals surface area contributed by atoms with Gasteiger partial charge in [-0.2, -0.15) is 0 Å². The van der Waals surface area contributed by atoms with E-state index in [1.807, 2.05) is 0 Å². The van der Waals surface area contributed by atoms with Crippen LogP contribution in [-0.2, 0) is 0 Å². The summed E-state index contributed by atoms with van der Waals surface area (Å²) in [5, 5.41) is 0. The van der Waals surface area contributed by atoms with Crippen molar-refractivity contribution in [2.75, 3.05) is 33.0 Å². The van der Waals surface area contributed by atoms with E-state index < -0.39 is 0 Å². The van der Waals surface area contributed by atoms with Crippen LogP contribution in [0.15, 0.2) is 0 Å². The predicted octanol–water partition coefficient (Wildman–Crippen LogP) is -2.38. The predicted molar refractivity (Wildman–Crippen MR) is 51.4 cm³/mol. The van der Waals surface area contributed by atoms with Crippen LogP contribution in [0.4, 0.5) is 0 Å². The van der Waals surface area contributed by atoms with Crippen LogP contribution >= 0.6 is 0 Å². The van der Waals surface area contributed by atoms with Gasteiger partial charge in [0.1, 0.15) is 13.3 Å². The Labute approximate surface area is 91.8 Å². The fourth-order valence-electron chi connectivity index (χ4n) is 1.43. The van der Waals surface area contributed by atoms with Crippen molar-refractivity contribution in [1.29, 1.82) is 0 Å². The molecule has 0 unspecified atom stereocenters. The van der Waals surface area contributed by atoms with Crippen molar-refractivity contribution in [3.63, 3.8) is 0 Å². The number of hydrogen-bond donors (Lipinski definition) is 0. The van der Waals surface area contributed by atoms with Crippen LogP contribution in [0.5, 0.6) is 0 Å². The van der Waals surface area contributed by atoms with E-state index in [2.05, 4.69) is 41.5 Å². The molecule has 0 radical (unpaired) electrons. The van der Waals surface area contributed by atoms with E-state index in [1.54, 1.807) is 0 Å². The van der Waals surface area contributed by atoms with Gasteiger partial charge >= 0.3 is 0 Å². The van der Waals surface area contributed by atoms with E-state index in [-0.39, 0.29) is 17.0 Å². The van der Waals surface area contributed by atoms with Crippen molar-refractivity contribution >= 4 is 6.34 Å². The van der Waals surface area contributed by atoms with Gasteiger partial charge in [-0.05, 0) is 13.8 Å². The normalized spacial score (nSPS) is 18.1. The van der Waals surface area contributed by atoms with E-state index in [9.17, 15) is 0 Å². The van der Waals surface area contributed by atoms with Gasteiger partial charge in [0.15, 0.2) is 0 Å². The van der Waals surface area contributed by atoms with Crippen molar-refractivity contribution in [1.82, 2.24) is 9.80 Å². The van der Waals surface area contributed by atoms with Crippen molar-refractivity contribution in [3.05, 3.63) is 0 Å². The maximum atomic E-state index is 2.44. The van der Waals surface area contributed by atoms with Gasteiger partial charge in [-0.15, -0.1) is 0 Å². The van der Waals surface area contributed by atoms with Crippen molar-refractivity contribution in [3.8, 4) is 0 Å². The molecule has 1 aliphatic heterocycles. The molecule has 0 saturated carbocycles. The highest BCUT2D eigenvalue weighted by Gasteiger charge is 2.18. The molecule has 1 rings (SSSR count). The summed E-state index contributed by atoms with van der Waals surface area (Å²) in [5.41, 5.74) is 0. The fraction of sp³-hybridized carbons (Fsp3) is 0.889. The molecule has 0 spiro atoms. The topological polar surface area (TPSA) is 9.49 Å². The lowest BCUT2D eigenvalue weighted by atomic mass is 10.5. The van der Waals surface area contributed by atoms with Gasteiger partial charge in [0, 0.05) is 6.54 Å². The highest BCUT2D eigenvalue weighted by molar-refractivity contribution is 5.49. The average molecular weight is 250 g/mol. The highest BCUT2D eigenvalue weighted by Crippen LogP contribution is 1.98. The summed E-state index contributed by atoms with van der Waals surface area (Å²) in [6.07, 6.45) is 2.24. The Hall–Kier alpha value is -0.0900. The zero-order chi connectivity index (χ0) is 8.97. The van der Waals surface area contributed by atoms with E-state index in [0.717, 1.165) is 33.0 Å². The lowest BCUT2D eigenvalue weighted by molar-refractivity contribution is -0.554. The minimum absolute atomic E-state index is 0. The fourth-order valence-corrected chi connectivity index (χ4v) is 1.43. The highest BCUT2D eigenvalue weighted by atomic mass is 79.9. The molecule has 0 saturated heterocycles. The minimum atomic E-state index is 0. The van der Waals surface area contributed by atoms with Crippen LogP contribution in [0.3, 0.4) is 0 Å². The van der Waals surface area contributed by atoms with Gasteiger partial charge < -0.3 is 17.0 Å². The van der Waals surface area contributed by atoms with E-state index in [1.165, 1.54) is 0 Å². The molecule has 1 aliphatic rings. The van der Waals surface area contributed by atoms with Crippen molar-refractivity contribution < 1.29 is 21.6 Å². The maximum Gasteiger partial charge on any atom is 0.236 e. The van der Waals surface area contributed by atoms with E-state index >= 15 is 0 Å². The third-order valence-electron chi connectivity index (χ3n) is 2.35. The first-order valence-corrected chi connectivity index (χ1v) is 4.85. The second-order valence-corrected chi connectivity index (χ2v) is 3.20. The molecule has 0 atom stereocenters. The summed E-state index contributed by atoms with van der Waals surface area (Å²) in [6.45, 7) is 12.1. The number of hydrogen-bond acceptors (Lipinski definition) is 2. The molecule has 13 heavy (non-hydrogen) atoms. The largest absolute Gasteiger partial charge is 1.00 e. The molecule has 0 bridgehead atoms. The Kier molecular flexibility index (Phi) is 6.33. The average Bonchev–Trinajstić information content (AvgIpc) is 2.16. The van der Waals surface area contributed by atoms with Crippen LogP contribution in [0.25, 0.3) is 0 Å².